The van der Waals surface area contributed by atoms with E-state index in [-0.39, 0.29) is 18.2 Å². The van der Waals surface area contributed by atoms with Gasteiger partial charge in [0.2, 0.25) is 0 Å². The molecule has 3 rings (SSSR count). The van der Waals surface area contributed by atoms with Crippen LogP contribution in [0.25, 0.3) is 0 Å². The van der Waals surface area contributed by atoms with E-state index in [2.05, 4.69) is 17.0 Å². The molecule has 142 valence electrons. The van der Waals surface area contributed by atoms with Crippen LogP contribution in [0.5, 0.6) is 11.5 Å². The first-order valence-electron chi connectivity index (χ1n) is 9.00. The molecule has 26 heavy (non-hydrogen) atoms. The lowest BCUT2D eigenvalue weighted by Gasteiger charge is -2.35. The van der Waals surface area contributed by atoms with E-state index in [1.165, 1.54) is 37.0 Å². The summed E-state index contributed by atoms with van der Waals surface area (Å²) in [5, 5.41) is 0. The van der Waals surface area contributed by atoms with E-state index in [1.54, 1.807) is 19.2 Å². The molecule has 3 nitrogen and oxygen atoms in total. The minimum absolute atomic E-state index is 0. The van der Waals surface area contributed by atoms with E-state index in [1.807, 2.05) is 12.1 Å². The van der Waals surface area contributed by atoms with Crippen LogP contribution in [0.2, 0.25) is 0 Å². The standard InChI is InChI=1S/C21H26FNO2.ClH/c1-24-20-9-5-17(6-10-20)16-23-14-3-2-4-19(23)13-15-25-21-11-7-18(22)8-12-21;/h5-12,19H,2-4,13-16H2,1H3;1H. The summed E-state index contributed by atoms with van der Waals surface area (Å²) in [6, 6.07) is 15.1. The Morgan fingerprint density at radius 3 is 2.38 bits per heavy atom. The number of likely N-dealkylation sites (tertiary alicyclic amines) is 1. The lowest BCUT2D eigenvalue weighted by Crippen LogP contribution is -2.39. The second kappa shape index (κ2) is 10.4. The minimum atomic E-state index is -0.231. The van der Waals surface area contributed by atoms with Crippen molar-refractivity contribution in [3.05, 3.63) is 59.9 Å². The van der Waals surface area contributed by atoms with Crippen molar-refractivity contribution in [3.8, 4) is 11.5 Å². The Morgan fingerprint density at radius 1 is 1.00 bits per heavy atom. The largest absolute Gasteiger partial charge is 0.497 e. The third-order valence-corrected chi connectivity index (χ3v) is 4.83. The summed E-state index contributed by atoms with van der Waals surface area (Å²) < 4.78 is 23.9. The number of benzene rings is 2. The number of methoxy groups -OCH3 is 1. The Hall–Kier alpha value is -1.78. The van der Waals surface area contributed by atoms with Gasteiger partial charge in [-0.3, -0.25) is 4.90 Å². The third kappa shape index (κ3) is 5.89. The number of ether oxygens (including phenoxy) is 2. The van der Waals surface area contributed by atoms with Crippen molar-refractivity contribution in [2.45, 2.75) is 38.3 Å². The van der Waals surface area contributed by atoms with Crippen LogP contribution in [-0.2, 0) is 6.54 Å². The summed E-state index contributed by atoms with van der Waals surface area (Å²) >= 11 is 0. The Morgan fingerprint density at radius 2 is 1.69 bits per heavy atom. The average molecular weight is 380 g/mol. The number of hydrogen-bond donors (Lipinski definition) is 0. The lowest BCUT2D eigenvalue weighted by molar-refractivity contribution is 0.116. The molecule has 1 saturated heterocycles. The van der Waals surface area contributed by atoms with E-state index in [0.717, 1.165) is 31.0 Å². The predicted octanol–water partition coefficient (Wildman–Crippen LogP) is 5.08. The molecule has 0 radical (unpaired) electrons. The Bertz CT molecular complexity index is 648. The molecule has 2 aromatic rings. The first-order valence-corrected chi connectivity index (χ1v) is 9.00. The van der Waals surface area contributed by atoms with E-state index in [4.69, 9.17) is 9.47 Å². The molecule has 1 fully saturated rings. The summed E-state index contributed by atoms with van der Waals surface area (Å²) in [6.07, 6.45) is 4.74. The molecule has 0 aliphatic carbocycles. The maximum atomic E-state index is 12.9. The third-order valence-electron chi connectivity index (χ3n) is 4.83. The topological polar surface area (TPSA) is 21.7 Å². The van der Waals surface area contributed by atoms with Crippen LogP contribution in [0, 0.1) is 5.82 Å². The Balaban J connectivity index is 0.00000243. The smallest absolute Gasteiger partial charge is 0.123 e. The van der Waals surface area contributed by atoms with Crippen LogP contribution < -0.4 is 9.47 Å². The number of halogens is 2. The fourth-order valence-electron chi connectivity index (χ4n) is 3.40. The van der Waals surface area contributed by atoms with Crippen LogP contribution in [0.15, 0.2) is 48.5 Å². The fraction of sp³-hybridized carbons (Fsp3) is 0.429. The number of rotatable bonds is 7. The van der Waals surface area contributed by atoms with Crippen LogP contribution in [0.1, 0.15) is 31.2 Å². The summed E-state index contributed by atoms with van der Waals surface area (Å²) in [4.78, 5) is 2.55. The van der Waals surface area contributed by atoms with Gasteiger partial charge in [0, 0.05) is 12.6 Å². The zero-order valence-corrected chi connectivity index (χ0v) is 16.0. The summed E-state index contributed by atoms with van der Waals surface area (Å²) in [6.45, 7) is 2.76. The lowest BCUT2D eigenvalue weighted by atomic mass is 9.99. The molecule has 2 aromatic carbocycles. The van der Waals surface area contributed by atoms with Crippen LogP contribution in [-0.4, -0.2) is 31.2 Å². The van der Waals surface area contributed by atoms with Crippen LogP contribution >= 0.6 is 12.4 Å². The van der Waals surface area contributed by atoms with Gasteiger partial charge < -0.3 is 9.47 Å². The molecule has 1 unspecified atom stereocenters. The molecule has 0 aromatic heterocycles. The highest BCUT2D eigenvalue weighted by molar-refractivity contribution is 5.85. The van der Waals surface area contributed by atoms with Crippen molar-refractivity contribution in [1.29, 1.82) is 0 Å². The monoisotopic (exact) mass is 379 g/mol. The first kappa shape index (κ1) is 20.5. The highest BCUT2D eigenvalue weighted by Crippen LogP contribution is 2.23. The maximum Gasteiger partial charge on any atom is 0.123 e. The second-order valence-corrected chi connectivity index (χ2v) is 6.56. The van der Waals surface area contributed by atoms with Crippen LogP contribution in [0.4, 0.5) is 4.39 Å². The van der Waals surface area contributed by atoms with Crippen LogP contribution in [0.3, 0.4) is 0 Å². The Kier molecular flexibility index (Phi) is 8.20. The Labute approximate surface area is 161 Å². The van der Waals surface area contributed by atoms with Gasteiger partial charge in [-0.25, -0.2) is 4.39 Å². The zero-order chi connectivity index (χ0) is 17.5. The van der Waals surface area contributed by atoms with Gasteiger partial charge in [0.25, 0.3) is 0 Å². The summed E-state index contributed by atoms with van der Waals surface area (Å²) in [5.41, 5.74) is 1.31. The molecule has 1 atom stereocenters. The van der Waals surface area contributed by atoms with E-state index in [0.29, 0.717) is 12.6 Å². The highest BCUT2D eigenvalue weighted by atomic mass is 35.5. The molecular formula is C21H27ClFNO2. The SMILES string of the molecule is COc1ccc(CN2CCCCC2CCOc2ccc(F)cc2)cc1.Cl. The van der Waals surface area contributed by atoms with E-state index in [9.17, 15) is 4.39 Å². The highest BCUT2D eigenvalue weighted by Gasteiger charge is 2.22. The predicted molar refractivity (Wildman–Crippen MR) is 105 cm³/mol. The molecule has 5 heteroatoms. The number of piperidine rings is 1. The van der Waals surface area contributed by atoms with Gasteiger partial charge in [0.05, 0.1) is 13.7 Å². The van der Waals surface area contributed by atoms with Gasteiger partial charge in [-0.05, 0) is 67.8 Å². The average Bonchev–Trinajstić information content (AvgIpc) is 2.65. The van der Waals surface area contributed by atoms with Crippen molar-refractivity contribution in [2.24, 2.45) is 0 Å². The van der Waals surface area contributed by atoms with Gasteiger partial charge in [-0.1, -0.05) is 18.6 Å². The van der Waals surface area contributed by atoms with Gasteiger partial charge in [-0.15, -0.1) is 12.4 Å². The van der Waals surface area contributed by atoms with Gasteiger partial charge in [0.15, 0.2) is 0 Å². The van der Waals surface area contributed by atoms with Crippen molar-refractivity contribution in [2.75, 3.05) is 20.3 Å². The van der Waals surface area contributed by atoms with E-state index < -0.39 is 0 Å². The van der Waals surface area contributed by atoms with Crippen molar-refractivity contribution in [3.63, 3.8) is 0 Å². The number of hydrogen-bond acceptors (Lipinski definition) is 3. The van der Waals surface area contributed by atoms with Gasteiger partial charge >= 0.3 is 0 Å². The number of nitrogens with zero attached hydrogens (tertiary/aromatic N) is 1. The quantitative estimate of drug-likeness (QED) is 0.669. The molecule has 0 spiro atoms. The van der Waals surface area contributed by atoms with Crippen molar-refractivity contribution < 1.29 is 13.9 Å². The fourth-order valence-corrected chi connectivity index (χ4v) is 3.40. The molecule has 0 amide bonds. The summed E-state index contributed by atoms with van der Waals surface area (Å²) in [5.74, 6) is 1.40. The normalized spacial score (nSPS) is 17.4. The molecule has 0 N–H and O–H groups in total. The van der Waals surface area contributed by atoms with Gasteiger partial charge in [-0.2, -0.15) is 0 Å². The molecule has 0 bridgehead atoms. The van der Waals surface area contributed by atoms with Gasteiger partial charge in [0.1, 0.15) is 17.3 Å². The molecule has 1 aliphatic rings. The van der Waals surface area contributed by atoms with Crippen molar-refractivity contribution in [1.82, 2.24) is 4.90 Å². The molecule has 1 aliphatic heterocycles. The molecule has 0 saturated carbocycles. The zero-order valence-electron chi connectivity index (χ0n) is 15.2. The first-order chi connectivity index (χ1) is 12.2. The van der Waals surface area contributed by atoms with Crippen molar-refractivity contribution >= 4 is 12.4 Å². The summed E-state index contributed by atoms with van der Waals surface area (Å²) in [7, 11) is 1.69. The maximum absolute atomic E-state index is 12.9. The minimum Gasteiger partial charge on any atom is -0.497 e. The molecular weight excluding hydrogens is 353 g/mol. The molecule has 1 heterocycles. The second-order valence-electron chi connectivity index (χ2n) is 6.56. The van der Waals surface area contributed by atoms with E-state index >= 15 is 0 Å².